The third-order valence-corrected chi connectivity index (χ3v) is 2.36. The van der Waals surface area contributed by atoms with Crippen LogP contribution in [0.3, 0.4) is 0 Å². The van der Waals surface area contributed by atoms with E-state index < -0.39 is 11.8 Å². The average molecular weight is 281 g/mol. The van der Waals surface area contributed by atoms with Crippen LogP contribution < -0.4 is 5.43 Å². The molecule has 0 bridgehead atoms. The van der Waals surface area contributed by atoms with Crippen molar-refractivity contribution in [2.75, 3.05) is 12.4 Å². The van der Waals surface area contributed by atoms with Gasteiger partial charge >= 0.3 is 0 Å². The Labute approximate surface area is 115 Å². The van der Waals surface area contributed by atoms with Crippen LogP contribution >= 0.6 is 11.6 Å². The van der Waals surface area contributed by atoms with E-state index in [4.69, 9.17) is 11.6 Å². The summed E-state index contributed by atoms with van der Waals surface area (Å²) in [5, 5.41) is 0.900. The molecule has 1 rings (SSSR count). The van der Waals surface area contributed by atoms with Crippen LogP contribution in [-0.4, -0.2) is 35.5 Å². The van der Waals surface area contributed by atoms with E-state index in [0.717, 1.165) is 10.6 Å². The van der Waals surface area contributed by atoms with Gasteiger partial charge in [-0.3, -0.25) is 15.0 Å². The molecule has 0 radical (unpaired) electrons. The third kappa shape index (κ3) is 5.35. The molecule has 0 saturated heterocycles. The number of nitrogens with zero attached hydrogens (tertiary/aromatic N) is 1. The first-order chi connectivity index (χ1) is 9.17. The normalized spacial score (nSPS) is 10.2. The minimum absolute atomic E-state index is 0.236. The molecule has 0 aliphatic carbocycles. The highest BCUT2D eigenvalue weighted by Gasteiger charge is 2.12. The lowest BCUT2D eigenvalue weighted by atomic mass is 10.2. The molecule has 100 valence electrons. The van der Waals surface area contributed by atoms with Crippen LogP contribution in [0.25, 0.3) is 6.08 Å². The molecule has 2 amide bonds. The zero-order valence-corrected chi connectivity index (χ0v) is 10.8. The molecule has 1 N–H and O–H groups in total. The van der Waals surface area contributed by atoms with Crippen LogP contribution in [0.15, 0.2) is 36.4 Å². The Balaban J connectivity index is 2.69. The highest BCUT2D eigenvalue weighted by atomic mass is 35.5. The van der Waals surface area contributed by atoms with Gasteiger partial charge in [0.1, 0.15) is 12.2 Å². The van der Waals surface area contributed by atoms with Crippen molar-refractivity contribution in [2.45, 2.75) is 0 Å². The summed E-state index contributed by atoms with van der Waals surface area (Å²) in [4.78, 5) is 33.3. The van der Waals surface area contributed by atoms with Crippen LogP contribution in [0.2, 0.25) is 0 Å². The zero-order chi connectivity index (χ0) is 14.1. The van der Waals surface area contributed by atoms with Crippen molar-refractivity contribution in [3.8, 4) is 0 Å². The van der Waals surface area contributed by atoms with Crippen LogP contribution in [0.4, 0.5) is 0 Å². The van der Waals surface area contributed by atoms with Crippen molar-refractivity contribution in [1.82, 2.24) is 10.4 Å². The molecule has 0 heterocycles. The van der Waals surface area contributed by atoms with Crippen molar-refractivity contribution in [1.29, 1.82) is 0 Å². The largest absolute Gasteiger partial charge is 0.301 e. The van der Waals surface area contributed by atoms with Gasteiger partial charge in [0.2, 0.25) is 0 Å². The lowest BCUT2D eigenvalue weighted by Crippen LogP contribution is -2.46. The number of halogens is 1. The summed E-state index contributed by atoms with van der Waals surface area (Å²) in [5.74, 6) is -1.34. The summed E-state index contributed by atoms with van der Waals surface area (Å²) in [5.41, 5.74) is 3.07. The number of aldehydes is 1. The minimum Gasteiger partial charge on any atom is -0.301 e. The second kappa shape index (κ2) is 8.05. The van der Waals surface area contributed by atoms with E-state index in [-0.39, 0.29) is 12.4 Å². The molecule has 0 fully saturated rings. The molecule has 0 aromatic heterocycles. The highest BCUT2D eigenvalue weighted by Crippen LogP contribution is 2.01. The molecule has 0 unspecified atom stereocenters. The lowest BCUT2D eigenvalue weighted by molar-refractivity contribution is -0.138. The second-order valence-corrected chi connectivity index (χ2v) is 3.80. The van der Waals surface area contributed by atoms with Gasteiger partial charge in [-0.15, -0.1) is 11.6 Å². The molecule has 6 heteroatoms. The molecule has 0 aliphatic rings. The van der Waals surface area contributed by atoms with Gasteiger partial charge in [-0.05, 0) is 11.6 Å². The zero-order valence-electron chi connectivity index (χ0n) is 10.1. The highest BCUT2D eigenvalue weighted by molar-refractivity contribution is 6.27. The van der Waals surface area contributed by atoms with E-state index >= 15 is 0 Å². The number of hydrogen-bond donors (Lipinski definition) is 1. The number of carbonyl (C=O) groups is 3. The van der Waals surface area contributed by atoms with Gasteiger partial charge in [-0.2, -0.15) is 0 Å². The topological polar surface area (TPSA) is 66.5 Å². The lowest BCUT2D eigenvalue weighted by Gasteiger charge is -2.18. The monoisotopic (exact) mass is 280 g/mol. The summed E-state index contributed by atoms with van der Waals surface area (Å²) in [6, 6.07) is 9.18. The Hall–Kier alpha value is -2.14. The first-order valence-electron chi connectivity index (χ1n) is 5.51. The maximum Gasteiger partial charge on any atom is 0.265 e. The maximum absolute atomic E-state index is 11.8. The van der Waals surface area contributed by atoms with E-state index in [2.05, 4.69) is 5.43 Å². The summed E-state index contributed by atoms with van der Waals surface area (Å²) < 4.78 is 0. The van der Waals surface area contributed by atoms with Gasteiger partial charge in [-0.25, -0.2) is 5.01 Å². The van der Waals surface area contributed by atoms with E-state index in [0.29, 0.717) is 6.29 Å². The predicted octanol–water partition coefficient (Wildman–Crippen LogP) is 0.997. The van der Waals surface area contributed by atoms with Gasteiger partial charge in [0.25, 0.3) is 11.8 Å². The molecule has 5 nitrogen and oxygen atoms in total. The van der Waals surface area contributed by atoms with E-state index in [1.165, 1.54) is 6.08 Å². The summed E-state index contributed by atoms with van der Waals surface area (Å²) in [6.45, 7) is -0.236. The fourth-order valence-electron chi connectivity index (χ4n) is 1.27. The molecular weight excluding hydrogens is 268 g/mol. The quantitative estimate of drug-likeness (QED) is 0.379. The number of hydrazine groups is 1. The Bertz CT molecular complexity index is 474. The summed E-state index contributed by atoms with van der Waals surface area (Å²) in [7, 11) is 0. The van der Waals surface area contributed by atoms with Crippen LogP contribution in [0.1, 0.15) is 5.56 Å². The minimum atomic E-state index is -0.551. The Morgan fingerprint density at radius 1 is 1.26 bits per heavy atom. The van der Waals surface area contributed by atoms with E-state index in [1.54, 1.807) is 6.08 Å². The third-order valence-electron chi connectivity index (χ3n) is 2.12. The predicted molar refractivity (Wildman–Crippen MR) is 72.1 cm³/mol. The van der Waals surface area contributed by atoms with Gasteiger partial charge in [0.05, 0.1) is 6.54 Å². The number of benzene rings is 1. The molecule has 0 atom stereocenters. The fourth-order valence-corrected chi connectivity index (χ4v) is 1.33. The van der Waals surface area contributed by atoms with E-state index in [9.17, 15) is 14.4 Å². The van der Waals surface area contributed by atoms with Crippen molar-refractivity contribution in [3.05, 3.63) is 42.0 Å². The van der Waals surface area contributed by atoms with Crippen LogP contribution in [0.5, 0.6) is 0 Å². The van der Waals surface area contributed by atoms with Crippen molar-refractivity contribution >= 4 is 35.8 Å². The molecule has 1 aromatic rings. The average Bonchev–Trinajstić information content (AvgIpc) is 2.45. The standard InChI is InChI=1S/C13H13ClN2O3/c14-10-12(18)15-16(8-9-17)13(19)7-6-11-4-2-1-3-5-11/h1-7,9H,8,10H2,(H,15,18)/b7-6+. The molecule has 0 aliphatic heterocycles. The summed E-state index contributed by atoms with van der Waals surface area (Å²) >= 11 is 5.32. The van der Waals surface area contributed by atoms with Gasteiger partial charge < -0.3 is 4.79 Å². The number of rotatable bonds is 5. The molecule has 0 spiro atoms. The van der Waals surface area contributed by atoms with Crippen molar-refractivity contribution in [3.63, 3.8) is 0 Å². The number of nitrogens with one attached hydrogen (secondary N) is 1. The number of carbonyl (C=O) groups excluding carboxylic acids is 3. The first kappa shape index (κ1) is 14.9. The van der Waals surface area contributed by atoms with Crippen molar-refractivity contribution < 1.29 is 14.4 Å². The Kier molecular flexibility index (Phi) is 6.32. The number of hydrogen-bond acceptors (Lipinski definition) is 3. The van der Waals surface area contributed by atoms with Crippen LogP contribution in [0, 0.1) is 0 Å². The molecule has 0 saturated carbocycles. The van der Waals surface area contributed by atoms with Crippen LogP contribution in [-0.2, 0) is 14.4 Å². The van der Waals surface area contributed by atoms with Gasteiger partial charge in [0, 0.05) is 6.08 Å². The molecule has 1 aromatic carbocycles. The molecular formula is C13H13ClN2O3. The second-order valence-electron chi connectivity index (χ2n) is 3.53. The smallest absolute Gasteiger partial charge is 0.265 e. The fraction of sp³-hybridized carbons (Fsp3) is 0.154. The maximum atomic E-state index is 11.8. The van der Waals surface area contributed by atoms with Gasteiger partial charge in [-0.1, -0.05) is 30.3 Å². The van der Waals surface area contributed by atoms with E-state index in [1.807, 2.05) is 30.3 Å². The number of amides is 2. The summed E-state index contributed by atoms with van der Waals surface area (Å²) in [6.07, 6.45) is 3.38. The SMILES string of the molecule is O=CCN(NC(=O)CCl)C(=O)/C=C/c1ccccc1. The van der Waals surface area contributed by atoms with Gasteiger partial charge in [0.15, 0.2) is 0 Å². The number of alkyl halides is 1. The van der Waals surface area contributed by atoms with Crippen molar-refractivity contribution in [2.24, 2.45) is 0 Å². The molecule has 19 heavy (non-hydrogen) atoms. The first-order valence-corrected chi connectivity index (χ1v) is 6.04. The Morgan fingerprint density at radius 3 is 2.53 bits per heavy atom. The Morgan fingerprint density at radius 2 is 1.95 bits per heavy atom.